The van der Waals surface area contributed by atoms with Crippen LogP contribution in [-0.4, -0.2) is 34.9 Å². The van der Waals surface area contributed by atoms with E-state index in [1.165, 1.54) is 225 Å². The van der Waals surface area contributed by atoms with Gasteiger partial charge in [0.05, 0.1) is 18.8 Å². The molecule has 0 bridgehead atoms. The zero-order chi connectivity index (χ0) is 47.7. The van der Waals surface area contributed by atoms with Gasteiger partial charge in [0, 0.05) is 6.42 Å². The highest BCUT2D eigenvalue weighted by atomic mass is 16.3. The second-order valence-corrected chi connectivity index (χ2v) is 19.7. The third-order valence-corrected chi connectivity index (χ3v) is 13.1. The van der Waals surface area contributed by atoms with Crippen LogP contribution in [-0.2, 0) is 4.79 Å². The Kier molecular flexibility index (Phi) is 55.3. The van der Waals surface area contributed by atoms with Gasteiger partial charge in [0.15, 0.2) is 0 Å². The van der Waals surface area contributed by atoms with Crippen molar-refractivity contribution >= 4 is 5.91 Å². The largest absolute Gasteiger partial charge is 0.394 e. The number of aliphatic hydroxyl groups excluding tert-OH is 2. The number of hydrogen-bond donors (Lipinski definition) is 3. The number of hydrogen-bond acceptors (Lipinski definition) is 3. The summed E-state index contributed by atoms with van der Waals surface area (Å²) in [7, 11) is 0. The Morgan fingerprint density at radius 2 is 0.636 bits per heavy atom. The van der Waals surface area contributed by atoms with E-state index >= 15 is 0 Å². The van der Waals surface area contributed by atoms with Crippen LogP contribution < -0.4 is 5.32 Å². The summed E-state index contributed by atoms with van der Waals surface area (Å²) in [6.07, 6.45) is 82.2. The lowest BCUT2D eigenvalue weighted by molar-refractivity contribution is -0.123. The van der Waals surface area contributed by atoms with Gasteiger partial charge < -0.3 is 15.5 Å². The average molecular weight is 921 g/mol. The van der Waals surface area contributed by atoms with Gasteiger partial charge in [0.2, 0.25) is 5.91 Å². The van der Waals surface area contributed by atoms with E-state index in [2.05, 4.69) is 79.9 Å². The zero-order valence-corrected chi connectivity index (χ0v) is 44.2. The first-order chi connectivity index (χ1) is 32.7. The summed E-state index contributed by atoms with van der Waals surface area (Å²) in [6, 6.07) is -0.647. The molecule has 0 aromatic heterocycles. The standard InChI is InChI=1S/C62H113NO3/c1-3-5-7-9-11-13-15-17-19-21-23-24-25-26-27-28-29-30-31-32-33-34-35-36-37-38-40-42-44-46-48-50-52-54-56-58-62(66)63-60(59-64)61(65)57-55-53-51-49-47-45-43-41-39-22-20-18-16-14-12-10-8-6-4-2/h15,17,21,23,25-26,39,41,47,49,55,57,60-61,64-65H,3-14,16,18-20,22,24,27-38,40,42-46,48,50-54,56,58-59H2,1-2H3,(H,63,66)/b17-15-,23-21-,26-25-,41-39+,49-47+,57-55+. The molecule has 0 heterocycles. The van der Waals surface area contributed by atoms with E-state index in [-0.39, 0.29) is 12.5 Å². The number of allylic oxidation sites excluding steroid dienone is 11. The Labute approximate surface area is 412 Å². The third-order valence-electron chi connectivity index (χ3n) is 13.1. The van der Waals surface area contributed by atoms with Crippen LogP contribution in [0.1, 0.15) is 296 Å². The van der Waals surface area contributed by atoms with Gasteiger partial charge in [0.1, 0.15) is 0 Å². The summed E-state index contributed by atoms with van der Waals surface area (Å²) in [5.74, 6) is -0.0757. The summed E-state index contributed by atoms with van der Waals surface area (Å²) in [5, 5.41) is 23.1. The van der Waals surface area contributed by atoms with Gasteiger partial charge in [-0.15, -0.1) is 0 Å². The van der Waals surface area contributed by atoms with Crippen LogP contribution in [0.15, 0.2) is 72.9 Å². The molecule has 0 aromatic rings. The minimum atomic E-state index is -0.872. The summed E-state index contributed by atoms with van der Waals surface area (Å²) < 4.78 is 0. The molecule has 4 heteroatoms. The molecule has 1 amide bonds. The Balaban J connectivity index is 3.50. The lowest BCUT2D eigenvalue weighted by atomic mass is 10.0. The number of amides is 1. The van der Waals surface area contributed by atoms with Crippen LogP contribution in [0.25, 0.3) is 0 Å². The molecule has 384 valence electrons. The fourth-order valence-corrected chi connectivity index (χ4v) is 8.69. The zero-order valence-electron chi connectivity index (χ0n) is 44.2. The molecule has 66 heavy (non-hydrogen) atoms. The van der Waals surface area contributed by atoms with E-state index < -0.39 is 12.1 Å². The lowest BCUT2D eigenvalue weighted by Crippen LogP contribution is -2.45. The highest BCUT2D eigenvalue weighted by Crippen LogP contribution is 2.16. The number of carbonyl (C=O) groups excluding carboxylic acids is 1. The predicted molar refractivity (Wildman–Crippen MR) is 294 cm³/mol. The Morgan fingerprint density at radius 1 is 0.364 bits per heavy atom. The highest BCUT2D eigenvalue weighted by Gasteiger charge is 2.18. The monoisotopic (exact) mass is 920 g/mol. The van der Waals surface area contributed by atoms with Crippen molar-refractivity contribution < 1.29 is 15.0 Å². The van der Waals surface area contributed by atoms with Gasteiger partial charge in [-0.2, -0.15) is 0 Å². The molecular weight excluding hydrogens is 807 g/mol. The number of rotatable bonds is 53. The molecule has 0 saturated heterocycles. The molecule has 0 radical (unpaired) electrons. The Morgan fingerprint density at radius 3 is 0.985 bits per heavy atom. The van der Waals surface area contributed by atoms with E-state index in [1.807, 2.05) is 6.08 Å². The van der Waals surface area contributed by atoms with Crippen LogP contribution >= 0.6 is 0 Å². The van der Waals surface area contributed by atoms with Gasteiger partial charge in [-0.05, 0) is 83.5 Å². The van der Waals surface area contributed by atoms with Crippen molar-refractivity contribution in [2.75, 3.05) is 6.61 Å². The molecule has 0 fully saturated rings. The number of aliphatic hydroxyl groups is 2. The van der Waals surface area contributed by atoms with E-state index in [9.17, 15) is 15.0 Å². The molecule has 2 atom stereocenters. The number of carbonyl (C=O) groups is 1. The van der Waals surface area contributed by atoms with Gasteiger partial charge in [0.25, 0.3) is 0 Å². The van der Waals surface area contributed by atoms with Crippen molar-refractivity contribution in [2.45, 2.75) is 309 Å². The number of unbranched alkanes of at least 4 members (excludes halogenated alkanes) is 36. The van der Waals surface area contributed by atoms with E-state index in [1.54, 1.807) is 6.08 Å². The van der Waals surface area contributed by atoms with Crippen molar-refractivity contribution in [2.24, 2.45) is 0 Å². The first-order valence-electron chi connectivity index (χ1n) is 29.2. The lowest BCUT2D eigenvalue weighted by Gasteiger charge is -2.19. The smallest absolute Gasteiger partial charge is 0.220 e. The quantitative estimate of drug-likeness (QED) is 0.0421. The predicted octanol–water partition coefficient (Wildman–Crippen LogP) is 19.4. The molecule has 3 N–H and O–H groups in total. The van der Waals surface area contributed by atoms with Crippen LogP contribution in [0, 0.1) is 0 Å². The first kappa shape index (κ1) is 63.8. The van der Waals surface area contributed by atoms with Crippen molar-refractivity contribution in [1.82, 2.24) is 5.32 Å². The van der Waals surface area contributed by atoms with Gasteiger partial charge in [-0.25, -0.2) is 0 Å². The fourth-order valence-electron chi connectivity index (χ4n) is 8.69. The minimum absolute atomic E-state index is 0.0757. The maximum absolute atomic E-state index is 12.5. The first-order valence-corrected chi connectivity index (χ1v) is 29.2. The molecule has 0 aliphatic rings. The molecule has 0 rings (SSSR count). The highest BCUT2D eigenvalue weighted by molar-refractivity contribution is 5.76. The summed E-state index contributed by atoms with van der Waals surface area (Å²) in [4.78, 5) is 12.5. The van der Waals surface area contributed by atoms with Gasteiger partial charge in [-0.1, -0.05) is 279 Å². The number of nitrogens with one attached hydrogen (secondary N) is 1. The second kappa shape index (κ2) is 57.1. The Bertz CT molecular complexity index is 1130. The molecule has 0 saturated carbocycles. The van der Waals surface area contributed by atoms with Crippen molar-refractivity contribution in [3.63, 3.8) is 0 Å². The Hall–Kier alpha value is -2.17. The molecule has 4 nitrogen and oxygen atoms in total. The molecule has 2 unspecified atom stereocenters. The molecule has 0 spiro atoms. The van der Waals surface area contributed by atoms with E-state index in [0.717, 1.165) is 51.4 Å². The summed E-state index contributed by atoms with van der Waals surface area (Å²) in [5.41, 5.74) is 0. The fraction of sp³-hybridized carbons (Fsp3) is 0.790. The van der Waals surface area contributed by atoms with E-state index in [0.29, 0.717) is 6.42 Å². The maximum Gasteiger partial charge on any atom is 0.220 e. The van der Waals surface area contributed by atoms with Crippen LogP contribution in [0.3, 0.4) is 0 Å². The molecule has 0 aromatic carbocycles. The van der Waals surface area contributed by atoms with Crippen LogP contribution in [0.4, 0.5) is 0 Å². The van der Waals surface area contributed by atoms with Crippen molar-refractivity contribution in [3.05, 3.63) is 72.9 Å². The summed E-state index contributed by atoms with van der Waals surface area (Å²) in [6.45, 7) is 4.29. The molecule has 0 aliphatic carbocycles. The summed E-state index contributed by atoms with van der Waals surface area (Å²) >= 11 is 0. The van der Waals surface area contributed by atoms with Gasteiger partial charge in [-0.3, -0.25) is 4.79 Å². The molecule has 0 aliphatic heterocycles. The topological polar surface area (TPSA) is 69.6 Å². The average Bonchev–Trinajstić information content (AvgIpc) is 3.32. The van der Waals surface area contributed by atoms with Gasteiger partial charge >= 0.3 is 0 Å². The normalized spacial score (nSPS) is 13.3. The van der Waals surface area contributed by atoms with Crippen LogP contribution in [0.2, 0.25) is 0 Å². The van der Waals surface area contributed by atoms with Crippen molar-refractivity contribution in [3.8, 4) is 0 Å². The minimum Gasteiger partial charge on any atom is -0.394 e. The third kappa shape index (κ3) is 52.8. The van der Waals surface area contributed by atoms with E-state index in [4.69, 9.17) is 0 Å². The van der Waals surface area contributed by atoms with Crippen molar-refractivity contribution in [1.29, 1.82) is 0 Å². The molecular formula is C62H113NO3. The maximum atomic E-state index is 12.5. The van der Waals surface area contributed by atoms with Crippen LogP contribution in [0.5, 0.6) is 0 Å². The SMILES string of the molecule is CCCCCCC/C=C\C/C=C\C/C=C\CCCCCCCCCCCCCCCCCCCCCCC(=O)NC(CO)C(O)/C=C/CC/C=C/CC/C=C/CCCCCCCCCCC. The second-order valence-electron chi connectivity index (χ2n) is 19.7.